The van der Waals surface area contributed by atoms with E-state index >= 15 is 0 Å². The van der Waals surface area contributed by atoms with Gasteiger partial charge in [0.2, 0.25) is 0 Å². The van der Waals surface area contributed by atoms with Crippen molar-refractivity contribution in [2.24, 2.45) is 0 Å². The SMILES string of the molecule is O=C(NCCCN1CCCC1)c1cccnc1N1CCN[C@@H](c2ccccc2)C1. The quantitative estimate of drug-likeness (QED) is 0.708. The van der Waals surface area contributed by atoms with E-state index in [9.17, 15) is 4.79 Å². The van der Waals surface area contributed by atoms with E-state index in [2.05, 4.69) is 49.7 Å². The molecule has 2 aliphatic heterocycles. The molecule has 2 saturated heterocycles. The number of anilines is 1. The van der Waals surface area contributed by atoms with Crippen LogP contribution in [0.4, 0.5) is 5.82 Å². The lowest BCUT2D eigenvalue weighted by Crippen LogP contribution is -2.47. The number of rotatable bonds is 7. The smallest absolute Gasteiger partial charge is 0.255 e. The number of likely N-dealkylation sites (tertiary alicyclic amines) is 1. The molecule has 0 bridgehead atoms. The summed E-state index contributed by atoms with van der Waals surface area (Å²) in [5, 5.41) is 6.68. The lowest BCUT2D eigenvalue weighted by Gasteiger charge is -2.35. The van der Waals surface area contributed by atoms with Gasteiger partial charge in [-0.25, -0.2) is 4.98 Å². The van der Waals surface area contributed by atoms with Gasteiger partial charge in [0.25, 0.3) is 5.91 Å². The van der Waals surface area contributed by atoms with Gasteiger partial charge in [-0.1, -0.05) is 30.3 Å². The maximum atomic E-state index is 12.8. The maximum Gasteiger partial charge on any atom is 0.255 e. The van der Waals surface area contributed by atoms with E-state index in [1.807, 2.05) is 18.2 Å². The van der Waals surface area contributed by atoms with Crippen molar-refractivity contribution in [3.05, 3.63) is 59.8 Å². The maximum absolute atomic E-state index is 12.8. The van der Waals surface area contributed by atoms with E-state index in [0.29, 0.717) is 12.1 Å². The molecule has 0 unspecified atom stereocenters. The molecule has 29 heavy (non-hydrogen) atoms. The van der Waals surface area contributed by atoms with Crippen LogP contribution in [0.3, 0.4) is 0 Å². The Morgan fingerprint density at radius 2 is 1.93 bits per heavy atom. The number of carbonyl (C=O) groups is 1. The van der Waals surface area contributed by atoms with E-state index in [-0.39, 0.29) is 11.9 Å². The molecule has 4 rings (SSSR count). The standard InChI is InChI=1S/C23H31N5O/c29-23(26-12-7-16-27-14-4-5-15-27)20-10-6-11-25-22(20)28-17-13-24-21(18-28)19-8-2-1-3-9-19/h1-3,6,8-11,21,24H,4-5,7,12-18H2,(H,26,29)/t21-/m1/s1. The lowest BCUT2D eigenvalue weighted by molar-refractivity contribution is 0.0952. The van der Waals surface area contributed by atoms with E-state index in [4.69, 9.17) is 0 Å². The van der Waals surface area contributed by atoms with Crippen LogP contribution in [-0.4, -0.2) is 61.6 Å². The molecule has 1 amide bonds. The molecule has 2 aliphatic rings. The molecule has 2 N–H and O–H groups in total. The number of nitrogens with one attached hydrogen (secondary N) is 2. The molecular weight excluding hydrogens is 362 g/mol. The van der Waals surface area contributed by atoms with Gasteiger partial charge in [-0.05, 0) is 56.6 Å². The van der Waals surface area contributed by atoms with Crippen LogP contribution in [0.15, 0.2) is 48.7 Å². The Labute approximate surface area is 173 Å². The monoisotopic (exact) mass is 393 g/mol. The highest BCUT2D eigenvalue weighted by atomic mass is 16.1. The Hall–Kier alpha value is -2.44. The molecule has 0 spiro atoms. The molecule has 6 heteroatoms. The van der Waals surface area contributed by atoms with Gasteiger partial charge < -0.3 is 20.4 Å². The van der Waals surface area contributed by atoms with Gasteiger partial charge in [-0.15, -0.1) is 0 Å². The summed E-state index contributed by atoms with van der Waals surface area (Å²) < 4.78 is 0. The van der Waals surface area contributed by atoms with Crippen molar-refractivity contribution in [1.29, 1.82) is 0 Å². The van der Waals surface area contributed by atoms with Crippen LogP contribution in [0.25, 0.3) is 0 Å². The molecule has 154 valence electrons. The van der Waals surface area contributed by atoms with Gasteiger partial charge in [0.1, 0.15) is 5.82 Å². The average Bonchev–Trinajstić information content (AvgIpc) is 3.31. The van der Waals surface area contributed by atoms with Gasteiger partial charge in [0.15, 0.2) is 0 Å². The van der Waals surface area contributed by atoms with Crippen LogP contribution in [0.1, 0.15) is 41.2 Å². The molecular formula is C23H31N5O. The average molecular weight is 394 g/mol. The van der Waals surface area contributed by atoms with Crippen LogP contribution in [0, 0.1) is 0 Å². The Morgan fingerprint density at radius 3 is 2.76 bits per heavy atom. The number of carbonyl (C=O) groups excluding carboxylic acids is 1. The number of hydrogen-bond acceptors (Lipinski definition) is 5. The van der Waals surface area contributed by atoms with Crippen molar-refractivity contribution < 1.29 is 4.79 Å². The zero-order chi connectivity index (χ0) is 19.9. The highest BCUT2D eigenvalue weighted by molar-refractivity contribution is 5.98. The Morgan fingerprint density at radius 1 is 1.10 bits per heavy atom. The minimum Gasteiger partial charge on any atom is -0.353 e. The molecule has 0 saturated carbocycles. The zero-order valence-electron chi connectivity index (χ0n) is 17.0. The minimum atomic E-state index is -0.0238. The lowest BCUT2D eigenvalue weighted by atomic mass is 10.0. The summed E-state index contributed by atoms with van der Waals surface area (Å²) in [6, 6.07) is 14.4. The Bertz CT molecular complexity index is 791. The van der Waals surface area contributed by atoms with Crippen molar-refractivity contribution in [3.63, 3.8) is 0 Å². The first-order valence-corrected chi connectivity index (χ1v) is 10.8. The number of piperazine rings is 1. The topological polar surface area (TPSA) is 60.5 Å². The highest BCUT2D eigenvalue weighted by Crippen LogP contribution is 2.23. The summed E-state index contributed by atoms with van der Waals surface area (Å²) in [4.78, 5) is 22.1. The molecule has 2 aromatic rings. The van der Waals surface area contributed by atoms with Gasteiger partial charge in [0.05, 0.1) is 5.56 Å². The largest absolute Gasteiger partial charge is 0.353 e. The number of amides is 1. The minimum absolute atomic E-state index is 0.0238. The number of nitrogens with zero attached hydrogens (tertiary/aromatic N) is 3. The molecule has 0 radical (unpaired) electrons. The fraction of sp³-hybridized carbons (Fsp3) is 0.478. The highest BCUT2D eigenvalue weighted by Gasteiger charge is 2.25. The number of hydrogen-bond donors (Lipinski definition) is 2. The second kappa shape index (κ2) is 9.85. The molecule has 1 aromatic heterocycles. The van der Waals surface area contributed by atoms with Gasteiger partial charge >= 0.3 is 0 Å². The number of aromatic nitrogens is 1. The predicted molar refractivity (Wildman–Crippen MR) is 116 cm³/mol. The normalized spacial score (nSPS) is 20.0. The van der Waals surface area contributed by atoms with Crippen molar-refractivity contribution in [2.45, 2.75) is 25.3 Å². The van der Waals surface area contributed by atoms with Crippen LogP contribution >= 0.6 is 0 Å². The van der Waals surface area contributed by atoms with Gasteiger partial charge in [0, 0.05) is 38.4 Å². The summed E-state index contributed by atoms with van der Waals surface area (Å²) in [6.07, 6.45) is 5.38. The van der Waals surface area contributed by atoms with Crippen molar-refractivity contribution in [1.82, 2.24) is 20.5 Å². The third kappa shape index (κ3) is 5.14. The third-order valence-electron chi connectivity index (χ3n) is 5.84. The van der Waals surface area contributed by atoms with Crippen molar-refractivity contribution in [2.75, 3.05) is 50.7 Å². The van der Waals surface area contributed by atoms with Crippen LogP contribution < -0.4 is 15.5 Å². The summed E-state index contributed by atoms with van der Waals surface area (Å²) in [5.74, 6) is 0.760. The van der Waals surface area contributed by atoms with E-state index in [1.165, 1.54) is 31.5 Å². The molecule has 3 heterocycles. The van der Waals surface area contributed by atoms with Gasteiger partial charge in [-0.2, -0.15) is 0 Å². The van der Waals surface area contributed by atoms with Crippen molar-refractivity contribution >= 4 is 11.7 Å². The van der Waals surface area contributed by atoms with Crippen LogP contribution in [0.2, 0.25) is 0 Å². The number of pyridine rings is 1. The summed E-state index contributed by atoms with van der Waals surface area (Å²) in [5.41, 5.74) is 1.93. The molecule has 1 atom stereocenters. The first kappa shape index (κ1) is 19.9. The molecule has 2 fully saturated rings. The fourth-order valence-electron chi connectivity index (χ4n) is 4.28. The van der Waals surface area contributed by atoms with Crippen LogP contribution in [0.5, 0.6) is 0 Å². The number of benzene rings is 1. The first-order chi connectivity index (χ1) is 14.3. The van der Waals surface area contributed by atoms with Crippen molar-refractivity contribution in [3.8, 4) is 0 Å². The fourth-order valence-corrected chi connectivity index (χ4v) is 4.28. The first-order valence-electron chi connectivity index (χ1n) is 10.8. The third-order valence-corrected chi connectivity index (χ3v) is 5.84. The summed E-state index contributed by atoms with van der Waals surface area (Å²) in [6.45, 7) is 6.69. The summed E-state index contributed by atoms with van der Waals surface area (Å²) >= 11 is 0. The summed E-state index contributed by atoms with van der Waals surface area (Å²) in [7, 11) is 0. The second-order valence-corrected chi connectivity index (χ2v) is 7.90. The van der Waals surface area contributed by atoms with E-state index in [1.54, 1.807) is 6.20 Å². The van der Waals surface area contributed by atoms with E-state index < -0.39 is 0 Å². The zero-order valence-corrected chi connectivity index (χ0v) is 17.0. The Balaban J connectivity index is 1.37. The van der Waals surface area contributed by atoms with E-state index in [0.717, 1.165) is 38.4 Å². The second-order valence-electron chi connectivity index (χ2n) is 7.90. The molecule has 0 aliphatic carbocycles. The van der Waals surface area contributed by atoms with Gasteiger partial charge in [-0.3, -0.25) is 4.79 Å². The van der Waals surface area contributed by atoms with Crippen LogP contribution in [-0.2, 0) is 0 Å². The predicted octanol–water partition coefficient (Wildman–Crippen LogP) is 2.45. The molecule has 6 nitrogen and oxygen atoms in total. The molecule has 1 aromatic carbocycles. The Kier molecular flexibility index (Phi) is 6.75.